The molecule has 0 aromatic carbocycles. The molecule has 0 aromatic heterocycles. The van der Waals surface area contributed by atoms with Crippen molar-refractivity contribution in [2.45, 2.75) is 40.5 Å². The zero-order valence-corrected chi connectivity index (χ0v) is 9.84. The largest absolute Gasteiger partial charge is 0.396 e. The summed E-state index contributed by atoms with van der Waals surface area (Å²) in [5.74, 6) is 0.940. The highest BCUT2D eigenvalue weighted by Crippen LogP contribution is 2.18. The Hall–Kier alpha value is -0.0800. The predicted octanol–water partition coefficient (Wildman–Crippen LogP) is 2.70. The molecule has 0 aliphatic rings. The van der Waals surface area contributed by atoms with Gasteiger partial charge in [-0.25, -0.2) is 0 Å². The summed E-state index contributed by atoms with van der Waals surface area (Å²) in [7, 11) is 1.72. The van der Waals surface area contributed by atoms with E-state index in [-0.39, 0.29) is 0 Å². The fourth-order valence-electron chi connectivity index (χ4n) is 1.41. The van der Waals surface area contributed by atoms with Gasteiger partial charge in [0.05, 0.1) is 0 Å². The number of hydrogen-bond acceptors (Lipinski definition) is 2. The molecule has 0 radical (unpaired) electrons. The molecule has 1 N–H and O–H groups in total. The third-order valence-electron chi connectivity index (χ3n) is 2.33. The third kappa shape index (κ3) is 7.03. The van der Waals surface area contributed by atoms with Gasteiger partial charge in [0.15, 0.2) is 0 Å². The number of aliphatic hydroxyl groups is 1. The van der Waals surface area contributed by atoms with E-state index in [9.17, 15) is 0 Å². The molecule has 0 aliphatic heterocycles. The van der Waals surface area contributed by atoms with Gasteiger partial charge in [0.2, 0.25) is 0 Å². The molecule has 0 bridgehead atoms. The molecule has 0 amide bonds. The summed E-state index contributed by atoms with van der Waals surface area (Å²) >= 11 is 0. The van der Waals surface area contributed by atoms with Crippen molar-refractivity contribution in [3.8, 4) is 0 Å². The molecular weight excluding hydrogens is 164 g/mol. The second-order valence-corrected chi connectivity index (χ2v) is 2.97. The van der Waals surface area contributed by atoms with Crippen molar-refractivity contribution < 1.29 is 9.84 Å². The van der Waals surface area contributed by atoms with Gasteiger partial charge in [0, 0.05) is 20.3 Å². The lowest BCUT2D eigenvalue weighted by molar-refractivity contribution is 0.0850. The van der Waals surface area contributed by atoms with Gasteiger partial charge in [-0.3, -0.25) is 0 Å². The Morgan fingerprint density at radius 3 is 1.77 bits per heavy atom. The van der Waals surface area contributed by atoms with Crippen LogP contribution < -0.4 is 0 Å². The van der Waals surface area contributed by atoms with Crippen LogP contribution in [-0.4, -0.2) is 25.4 Å². The Bertz CT molecular complexity index is 80.2. The molecule has 0 spiro atoms. The third-order valence-corrected chi connectivity index (χ3v) is 2.33. The van der Waals surface area contributed by atoms with E-state index in [0.717, 1.165) is 19.4 Å². The molecule has 82 valence electrons. The van der Waals surface area contributed by atoms with Crippen molar-refractivity contribution >= 4 is 0 Å². The van der Waals surface area contributed by atoms with Crippen LogP contribution in [0.5, 0.6) is 0 Å². The highest BCUT2D eigenvalue weighted by molar-refractivity contribution is 4.66. The zero-order valence-electron chi connectivity index (χ0n) is 9.84. The van der Waals surface area contributed by atoms with Crippen LogP contribution >= 0.6 is 0 Å². The van der Waals surface area contributed by atoms with Crippen LogP contribution in [-0.2, 0) is 4.74 Å². The van der Waals surface area contributed by atoms with Gasteiger partial charge in [0.1, 0.15) is 0 Å². The Morgan fingerprint density at radius 1 is 1.08 bits per heavy atom. The van der Waals surface area contributed by atoms with Gasteiger partial charge < -0.3 is 9.84 Å². The summed E-state index contributed by atoms with van der Waals surface area (Å²) in [5.41, 5.74) is 0. The maximum Gasteiger partial charge on any atom is 0.0493 e. The first-order chi connectivity index (χ1) is 6.29. The lowest BCUT2D eigenvalue weighted by atomic mass is 9.89. The van der Waals surface area contributed by atoms with Crippen molar-refractivity contribution in [2.24, 2.45) is 11.8 Å². The summed E-state index contributed by atoms with van der Waals surface area (Å²) in [6.07, 6.45) is 2.13. The number of ether oxygens (including phenoxy) is 1. The minimum atomic E-state index is 0.290. The number of aliphatic hydroxyl groups excluding tert-OH is 1. The van der Waals surface area contributed by atoms with Crippen LogP contribution in [0.2, 0.25) is 0 Å². The van der Waals surface area contributed by atoms with Crippen molar-refractivity contribution in [3.05, 3.63) is 0 Å². The lowest BCUT2D eigenvalue weighted by Crippen LogP contribution is -2.21. The van der Waals surface area contributed by atoms with Crippen molar-refractivity contribution in [3.63, 3.8) is 0 Å². The maximum absolute atomic E-state index is 9.00. The van der Waals surface area contributed by atoms with E-state index in [1.807, 2.05) is 13.8 Å². The Labute approximate surface area is 83.3 Å². The molecule has 0 rings (SSSR count). The first kappa shape index (κ1) is 15.4. The predicted molar refractivity (Wildman–Crippen MR) is 57.9 cm³/mol. The lowest BCUT2D eigenvalue weighted by Gasteiger charge is -2.22. The fraction of sp³-hybridized carbons (Fsp3) is 1.00. The van der Waals surface area contributed by atoms with Gasteiger partial charge in [-0.05, 0) is 11.8 Å². The highest BCUT2D eigenvalue weighted by Gasteiger charge is 2.16. The average molecular weight is 190 g/mol. The second-order valence-electron chi connectivity index (χ2n) is 2.97. The number of hydrogen-bond donors (Lipinski definition) is 1. The molecular formula is C11H26O2. The Kier molecular flexibility index (Phi) is 14.1. The average Bonchev–Trinajstić information content (AvgIpc) is 2.21. The van der Waals surface area contributed by atoms with Crippen LogP contribution in [0.4, 0.5) is 0 Å². The smallest absolute Gasteiger partial charge is 0.0493 e. The molecule has 0 aromatic rings. The van der Waals surface area contributed by atoms with Gasteiger partial charge in [-0.1, -0.05) is 40.5 Å². The summed E-state index contributed by atoms with van der Waals surface area (Å²) in [5, 5.41) is 9.00. The van der Waals surface area contributed by atoms with Crippen molar-refractivity contribution in [2.75, 3.05) is 20.3 Å². The van der Waals surface area contributed by atoms with E-state index in [4.69, 9.17) is 9.84 Å². The van der Waals surface area contributed by atoms with Crippen molar-refractivity contribution in [1.29, 1.82) is 0 Å². The summed E-state index contributed by atoms with van der Waals surface area (Å²) in [4.78, 5) is 0. The number of rotatable bonds is 6. The van der Waals surface area contributed by atoms with E-state index < -0.39 is 0 Å². The molecule has 13 heavy (non-hydrogen) atoms. The van der Waals surface area contributed by atoms with Gasteiger partial charge in [-0.15, -0.1) is 0 Å². The maximum atomic E-state index is 9.00. The molecule has 0 heterocycles. The molecule has 2 unspecified atom stereocenters. The molecule has 0 aliphatic carbocycles. The van der Waals surface area contributed by atoms with Crippen LogP contribution in [0, 0.1) is 11.8 Å². The highest BCUT2D eigenvalue weighted by atomic mass is 16.5. The Morgan fingerprint density at radius 2 is 1.54 bits per heavy atom. The van der Waals surface area contributed by atoms with Crippen LogP contribution in [0.3, 0.4) is 0 Å². The topological polar surface area (TPSA) is 29.5 Å². The van der Waals surface area contributed by atoms with E-state index in [1.54, 1.807) is 7.11 Å². The molecule has 2 atom stereocenters. The molecule has 2 nitrogen and oxygen atoms in total. The standard InChI is InChI=1S/C9H20O2.C2H6/c1-4-8(6-10)9(5-2)7-11-3;1-2/h8-10H,4-7H2,1-3H3;1-2H3. The molecule has 0 saturated carbocycles. The first-order valence-electron chi connectivity index (χ1n) is 5.39. The monoisotopic (exact) mass is 190 g/mol. The summed E-state index contributed by atoms with van der Waals surface area (Å²) in [6, 6.07) is 0. The van der Waals surface area contributed by atoms with E-state index in [1.165, 1.54) is 0 Å². The summed E-state index contributed by atoms with van der Waals surface area (Å²) in [6.45, 7) is 9.31. The van der Waals surface area contributed by atoms with Crippen LogP contribution in [0.25, 0.3) is 0 Å². The minimum absolute atomic E-state index is 0.290. The summed E-state index contributed by atoms with van der Waals surface area (Å²) < 4.78 is 5.07. The minimum Gasteiger partial charge on any atom is -0.396 e. The fourth-order valence-corrected chi connectivity index (χ4v) is 1.41. The molecule has 0 fully saturated rings. The van der Waals surface area contributed by atoms with Gasteiger partial charge in [0.25, 0.3) is 0 Å². The van der Waals surface area contributed by atoms with E-state index in [2.05, 4.69) is 13.8 Å². The van der Waals surface area contributed by atoms with Gasteiger partial charge in [-0.2, -0.15) is 0 Å². The van der Waals surface area contributed by atoms with Crippen LogP contribution in [0.1, 0.15) is 40.5 Å². The van der Waals surface area contributed by atoms with E-state index >= 15 is 0 Å². The van der Waals surface area contributed by atoms with Crippen molar-refractivity contribution in [1.82, 2.24) is 0 Å². The quantitative estimate of drug-likeness (QED) is 0.698. The number of methoxy groups -OCH3 is 1. The van der Waals surface area contributed by atoms with Crippen LogP contribution in [0.15, 0.2) is 0 Å². The Balaban J connectivity index is 0. The zero-order chi connectivity index (χ0) is 10.7. The molecule has 2 heteroatoms. The van der Waals surface area contributed by atoms with Gasteiger partial charge >= 0.3 is 0 Å². The molecule has 0 saturated heterocycles. The first-order valence-corrected chi connectivity index (χ1v) is 5.39. The van der Waals surface area contributed by atoms with E-state index in [0.29, 0.717) is 18.4 Å². The SMILES string of the molecule is CC.CCC(CO)C(CC)COC. The second kappa shape index (κ2) is 11.9. The normalized spacial score (nSPS) is 14.3.